The maximum atomic E-state index is 12.9. The second kappa shape index (κ2) is 6.10. The van der Waals surface area contributed by atoms with E-state index in [1.54, 1.807) is 34.9 Å². The third-order valence-electron chi connectivity index (χ3n) is 4.14. The molecule has 2 aromatic carbocycles. The van der Waals surface area contributed by atoms with Gasteiger partial charge < -0.3 is 0 Å². The maximum absolute atomic E-state index is 12.9. The van der Waals surface area contributed by atoms with Gasteiger partial charge >= 0.3 is 6.03 Å². The molecular formula is C17H12BrClN2O2S. The number of hydrogen-bond donors (Lipinski definition) is 0. The fraction of sp³-hybridized carbons (Fsp3) is 0.176. The van der Waals surface area contributed by atoms with Crippen molar-refractivity contribution in [2.75, 3.05) is 10.7 Å². The van der Waals surface area contributed by atoms with E-state index in [9.17, 15) is 9.59 Å². The Balaban J connectivity index is 1.69. The Morgan fingerprint density at radius 3 is 2.58 bits per heavy atom. The molecule has 7 heteroatoms. The smallest absolute Gasteiger partial charge is 0.295 e. The molecule has 24 heavy (non-hydrogen) atoms. The maximum Gasteiger partial charge on any atom is 0.333 e. The van der Waals surface area contributed by atoms with E-state index in [2.05, 4.69) is 15.9 Å². The summed E-state index contributed by atoms with van der Waals surface area (Å²) < 4.78 is 0.901. The highest BCUT2D eigenvalue weighted by Gasteiger charge is 2.53. The number of hydrogen-bond acceptors (Lipinski definition) is 3. The van der Waals surface area contributed by atoms with Gasteiger partial charge in [-0.15, -0.1) is 11.8 Å². The SMILES string of the molecule is O=C1[C@@H]2CS[C@H](c3cccc(Cl)c3)N2C(=O)N1c1ccc(Br)cc1. The Morgan fingerprint density at radius 2 is 1.88 bits per heavy atom. The van der Waals surface area contributed by atoms with Crippen LogP contribution in [-0.2, 0) is 4.79 Å². The van der Waals surface area contributed by atoms with Gasteiger partial charge in [0.15, 0.2) is 0 Å². The van der Waals surface area contributed by atoms with Gasteiger partial charge in [0.25, 0.3) is 5.91 Å². The first-order valence-electron chi connectivity index (χ1n) is 7.35. The number of urea groups is 1. The molecule has 0 aromatic heterocycles. The Hall–Kier alpha value is -1.50. The number of nitrogens with zero attached hydrogens (tertiary/aromatic N) is 2. The van der Waals surface area contributed by atoms with Crippen LogP contribution >= 0.6 is 39.3 Å². The molecule has 0 spiro atoms. The minimum Gasteiger partial charge on any atom is -0.295 e. The first kappa shape index (κ1) is 16.0. The molecule has 2 fully saturated rings. The zero-order valence-electron chi connectivity index (χ0n) is 12.4. The predicted octanol–water partition coefficient (Wildman–Crippen LogP) is 4.69. The molecule has 2 heterocycles. The molecule has 0 unspecified atom stereocenters. The first-order chi connectivity index (χ1) is 11.6. The quantitative estimate of drug-likeness (QED) is 0.658. The van der Waals surface area contributed by atoms with Crippen molar-refractivity contribution in [3.63, 3.8) is 0 Å². The standard InChI is InChI=1S/C17H12BrClN2O2S/c18-11-4-6-13(7-5-11)20-15(22)14-9-24-16(21(14)17(20)23)10-2-1-3-12(19)8-10/h1-8,14,16H,9H2/t14-,16+/m0/s1. The Kier molecular flexibility index (Phi) is 4.06. The van der Waals surface area contributed by atoms with Crippen LogP contribution in [0.3, 0.4) is 0 Å². The monoisotopic (exact) mass is 422 g/mol. The van der Waals surface area contributed by atoms with Crippen LogP contribution in [0.25, 0.3) is 0 Å². The number of benzene rings is 2. The summed E-state index contributed by atoms with van der Waals surface area (Å²) in [5.41, 5.74) is 1.53. The van der Waals surface area contributed by atoms with E-state index in [4.69, 9.17) is 11.6 Å². The number of rotatable bonds is 2. The first-order valence-corrected chi connectivity index (χ1v) is 9.57. The van der Waals surface area contributed by atoms with Crippen molar-refractivity contribution in [2.45, 2.75) is 11.4 Å². The van der Waals surface area contributed by atoms with E-state index in [1.807, 2.05) is 30.3 Å². The lowest BCUT2D eigenvalue weighted by Crippen LogP contribution is -2.33. The topological polar surface area (TPSA) is 40.6 Å². The second-order valence-corrected chi connectivity index (χ2v) is 8.06. The van der Waals surface area contributed by atoms with Crippen molar-refractivity contribution in [3.05, 3.63) is 63.6 Å². The lowest BCUT2D eigenvalue weighted by molar-refractivity contribution is -0.119. The average molecular weight is 424 g/mol. The van der Waals surface area contributed by atoms with Gasteiger partial charge in [-0.3, -0.25) is 9.69 Å². The minimum atomic E-state index is -0.421. The molecule has 2 saturated heterocycles. The fourth-order valence-corrected chi connectivity index (χ4v) is 4.90. The molecule has 4 rings (SSSR count). The minimum absolute atomic E-state index is 0.167. The summed E-state index contributed by atoms with van der Waals surface area (Å²) >= 11 is 11.0. The third kappa shape index (κ3) is 2.53. The zero-order valence-corrected chi connectivity index (χ0v) is 15.5. The van der Waals surface area contributed by atoms with Gasteiger partial charge in [-0.2, -0.15) is 0 Å². The van der Waals surface area contributed by atoms with E-state index < -0.39 is 6.04 Å². The summed E-state index contributed by atoms with van der Waals surface area (Å²) in [5.74, 6) is 0.425. The lowest BCUT2D eigenvalue weighted by Gasteiger charge is -2.23. The van der Waals surface area contributed by atoms with Crippen LogP contribution in [0.15, 0.2) is 53.0 Å². The normalized spacial score (nSPS) is 23.1. The summed E-state index contributed by atoms with van der Waals surface area (Å²) in [6.07, 6.45) is 0. The van der Waals surface area contributed by atoms with Gasteiger partial charge in [0.05, 0.1) is 5.69 Å². The number of carbonyl (C=O) groups excluding carboxylic acids is 2. The molecule has 2 aliphatic heterocycles. The van der Waals surface area contributed by atoms with Gasteiger partial charge in [-0.05, 0) is 42.0 Å². The van der Waals surface area contributed by atoms with E-state index in [-0.39, 0.29) is 17.3 Å². The van der Waals surface area contributed by atoms with Crippen LogP contribution in [0.1, 0.15) is 10.9 Å². The van der Waals surface area contributed by atoms with Crippen molar-refractivity contribution in [2.24, 2.45) is 0 Å². The predicted molar refractivity (Wildman–Crippen MR) is 99.3 cm³/mol. The molecule has 2 aliphatic rings. The van der Waals surface area contributed by atoms with Gasteiger partial charge in [0.2, 0.25) is 0 Å². The molecule has 4 nitrogen and oxygen atoms in total. The number of amides is 3. The van der Waals surface area contributed by atoms with E-state index in [0.29, 0.717) is 16.5 Å². The Bertz CT molecular complexity index is 830. The molecule has 2 atom stereocenters. The van der Waals surface area contributed by atoms with Crippen LogP contribution in [-0.4, -0.2) is 28.6 Å². The highest BCUT2D eigenvalue weighted by atomic mass is 79.9. The summed E-state index contributed by atoms with van der Waals surface area (Å²) in [4.78, 5) is 28.6. The van der Waals surface area contributed by atoms with Crippen LogP contribution in [0, 0.1) is 0 Å². The average Bonchev–Trinajstić information content (AvgIpc) is 3.10. The molecule has 122 valence electrons. The number of thioether (sulfide) groups is 1. The van der Waals surface area contributed by atoms with Gasteiger partial charge in [0, 0.05) is 15.2 Å². The Labute approximate surface area is 156 Å². The largest absolute Gasteiger partial charge is 0.333 e. The third-order valence-corrected chi connectivity index (χ3v) is 6.22. The molecule has 0 N–H and O–H groups in total. The van der Waals surface area contributed by atoms with Crippen molar-refractivity contribution in [1.82, 2.24) is 4.90 Å². The Morgan fingerprint density at radius 1 is 1.12 bits per heavy atom. The highest BCUT2D eigenvalue weighted by molar-refractivity contribution is 9.10. The molecule has 0 bridgehead atoms. The van der Waals surface area contributed by atoms with Crippen molar-refractivity contribution in [3.8, 4) is 0 Å². The van der Waals surface area contributed by atoms with Gasteiger partial charge in [-0.25, -0.2) is 9.69 Å². The number of imide groups is 1. The van der Waals surface area contributed by atoms with Crippen LogP contribution in [0.5, 0.6) is 0 Å². The second-order valence-electron chi connectivity index (χ2n) is 5.60. The zero-order chi connectivity index (χ0) is 16.8. The number of anilines is 1. The number of carbonyl (C=O) groups is 2. The van der Waals surface area contributed by atoms with Crippen LogP contribution in [0.2, 0.25) is 5.02 Å². The van der Waals surface area contributed by atoms with Crippen molar-refractivity contribution in [1.29, 1.82) is 0 Å². The summed E-state index contributed by atoms with van der Waals surface area (Å²) in [6.45, 7) is 0. The summed E-state index contributed by atoms with van der Waals surface area (Å²) in [5, 5.41) is 0.435. The highest BCUT2D eigenvalue weighted by Crippen LogP contribution is 2.46. The molecule has 3 amide bonds. The lowest BCUT2D eigenvalue weighted by atomic mass is 10.2. The number of halogens is 2. The molecule has 2 aromatic rings. The molecule has 0 saturated carbocycles. The van der Waals surface area contributed by atoms with Crippen molar-refractivity contribution >= 4 is 56.9 Å². The van der Waals surface area contributed by atoms with Crippen molar-refractivity contribution < 1.29 is 9.59 Å². The number of fused-ring (bicyclic) bond motifs is 1. The van der Waals surface area contributed by atoms with Gasteiger partial charge in [0.1, 0.15) is 11.4 Å². The van der Waals surface area contributed by atoms with Gasteiger partial charge in [-0.1, -0.05) is 39.7 Å². The van der Waals surface area contributed by atoms with E-state index >= 15 is 0 Å². The summed E-state index contributed by atoms with van der Waals surface area (Å²) in [7, 11) is 0. The van der Waals surface area contributed by atoms with Crippen LogP contribution in [0.4, 0.5) is 10.5 Å². The molecule has 0 radical (unpaired) electrons. The fourth-order valence-electron chi connectivity index (χ4n) is 3.03. The molecule has 0 aliphatic carbocycles. The van der Waals surface area contributed by atoms with E-state index in [0.717, 1.165) is 10.0 Å². The summed E-state index contributed by atoms with van der Waals surface area (Å²) in [6, 6.07) is 13.9. The van der Waals surface area contributed by atoms with Crippen LogP contribution < -0.4 is 4.90 Å². The van der Waals surface area contributed by atoms with E-state index in [1.165, 1.54) is 4.90 Å². The molecular weight excluding hydrogens is 412 g/mol.